The van der Waals surface area contributed by atoms with Gasteiger partial charge >= 0.3 is 0 Å². The molecule has 0 radical (unpaired) electrons. The lowest BCUT2D eigenvalue weighted by molar-refractivity contribution is -0.118. The first-order chi connectivity index (χ1) is 13.1. The lowest BCUT2D eigenvalue weighted by atomic mass is 10.1. The molecule has 0 N–H and O–H groups in total. The Labute approximate surface area is 165 Å². The Balaban J connectivity index is 1.96. The molecule has 0 bridgehead atoms. The van der Waals surface area contributed by atoms with Crippen molar-refractivity contribution in [1.29, 1.82) is 0 Å². The molecule has 2 aromatic carbocycles. The largest absolute Gasteiger partial charge is 0.447 e. The Hall–Kier alpha value is -2.64. The molecule has 0 saturated carbocycles. The summed E-state index contributed by atoms with van der Waals surface area (Å²) in [6, 6.07) is 14.7. The standard InChI is InChI=1S/C19H15ClN4O2S/c1-11(25)24-15-6-4-3-5-14(15)16-17(21-19(27-2)23-22-16)26-18(24)12-7-9-13(20)10-8-12/h3-10,18H,1-2H3. The monoisotopic (exact) mass is 398 g/mol. The van der Waals surface area contributed by atoms with Crippen molar-refractivity contribution in [3.63, 3.8) is 0 Å². The number of fused-ring (bicyclic) bond motifs is 3. The summed E-state index contributed by atoms with van der Waals surface area (Å²) in [5.74, 6) is 0.179. The number of hydrogen-bond acceptors (Lipinski definition) is 6. The van der Waals surface area contributed by atoms with Crippen molar-refractivity contribution >= 4 is 35.0 Å². The first-order valence-corrected chi connectivity index (χ1v) is 9.79. The maximum atomic E-state index is 12.6. The van der Waals surface area contributed by atoms with Crippen molar-refractivity contribution in [2.75, 3.05) is 11.2 Å². The summed E-state index contributed by atoms with van der Waals surface area (Å²) in [7, 11) is 0. The zero-order valence-electron chi connectivity index (χ0n) is 14.6. The zero-order chi connectivity index (χ0) is 19.0. The van der Waals surface area contributed by atoms with Gasteiger partial charge < -0.3 is 4.74 Å². The number of para-hydroxylation sites is 1. The normalized spacial score (nSPS) is 15.4. The van der Waals surface area contributed by atoms with Gasteiger partial charge in [0.05, 0.1) is 5.69 Å². The van der Waals surface area contributed by atoms with Crippen LogP contribution in [0.25, 0.3) is 11.3 Å². The van der Waals surface area contributed by atoms with Crippen LogP contribution in [0.2, 0.25) is 5.02 Å². The van der Waals surface area contributed by atoms with Gasteiger partial charge in [-0.15, -0.1) is 10.2 Å². The van der Waals surface area contributed by atoms with Crippen LogP contribution in [-0.4, -0.2) is 27.3 Å². The molecule has 27 heavy (non-hydrogen) atoms. The highest BCUT2D eigenvalue weighted by Crippen LogP contribution is 2.43. The Kier molecular flexibility index (Phi) is 4.72. The number of aromatic nitrogens is 3. The number of thioether (sulfide) groups is 1. The number of halogens is 1. The smallest absolute Gasteiger partial charge is 0.247 e. The van der Waals surface area contributed by atoms with Crippen LogP contribution in [0.1, 0.15) is 18.7 Å². The maximum absolute atomic E-state index is 12.6. The van der Waals surface area contributed by atoms with Gasteiger partial charge in [0.1, 0.15) is 0 Å². The third-order valence-corrected chi connectivity index (χ3v) is 4.98. The molecule has 1 atom stereocenters. The average molecular weight is 399 g/mol. The van der Waals surface area contributed by atoms with E-state index in [1.807, 2.05) is 42.7 Å². The molecule has 0 saturated heterocycles. The van der Waals surface area contributed by atoms with Crippen LogP contribution in [0.15, 0.2) is 53.7 Å². The number of rotatable bonds is 2. The number of ether oxygens (including phenoxy) is 1. The minimum Gasteiger partial charge on any atom is -0.447 e. The first kappa shape index (κ1) is 17.8. The SMILES string of the molecule is CSc1nnc2c(n1)OC(c1ccc(Cl)cc1)N(C(C)=O)c1ccccc1-2. The van der Waals surface area contributed by atoms with Gasteiger partial charge in [-0.2, -0.15) is 4.98 Å². The van der Waals surface area contributed by atoms with Crippen LogP contribution in [0, 0.1) is 0 Å². The molecule has 0 spiro atoms. The molecule has 1 aliphatic rings. The van der Waals surface area contributed by atoms with Gasteiger partial charge in [-0.25, -0.2) is 0 Å². The Morgan fingerprint density at radius 3 is 2.59 bits per heavy atom. The van der Waals surface area contributed by atoms with E-state index in [-0.39, 0.29) is 5.91 Å². The summed E-state index contributed by atoms with van der Waals surface area (Å²) in [5, 5.41) is 9.55. The number of nitrogens with zero attached hydrogens (tertiary/aromatic N) is 4. The van der Waals surface area contributed by atoms with Crippen LogP contribution in [-0.2, 0) is 4.79 Å². The van der Waals surface area contributed by atoms with E-state index in [9.17, 15) is 4.79 Å². The lowest BCUT2D eigenvalue weighted by Crippen LogP contribution is -2.36. The van der Waals surface area contributed by atoms with Crippen LogP contribution in [0.5, 0.6) is 5.88 Å². The summed E-state index contributed by atoms with van der Waals surface area (Å²) in [5.41, 5.74) is 2.72. The molecule has 3 aromatic rings. The number of benzene rings is 2. The molecule has 6 nitrogen and oxygen atoms in total. The molecule has 1 amide bonds. The van der Waals surface area contributed by atoms with Crippen molar-refractivity contribution in [1.82, 2.24) is 15.2 Å². The number of anilines is 1. The predicted octanol–water partition coefficient (Wildman–Crippen LogP) is 4.36. The second-order valence-corrected chi connectivity index (χ2v) is 7.09. The predicted molar refractivity (Wildman–Crippen MR) is 105 cm³/mol. The fraction of sp³-hybridized carbons (Fsp3) is 0.158. The Morgan fingerprint density at radius 2 is 1.89 bits per heavy atom. The van der Waals surface area contributed by atoms with Crippen LogP contribution in [0.3, 0.4) is 0 Å². The maximum Gasteiger partial charge on any atom is 0.247 e. The van der Waals surface area contributed by atoms with Crippen LogP contribution in [0.4, 0.5) is 5.69 Å². The van der Waals surface area contributed by atoms with E-state index in [0.717, 1.165) is 11.1 Å². The lowest BCUT2D eigenvalue weighted by Gasteiger charge is -2.29. The van der Waals surface area contributed by atoms with Crippen molar-refractivity contribution in [3.05, 3.63) is 59.1 Å². The highest BCUT2D eigenvalue weighted by Gasteiger charge is 2.34. The summed E-state index contributed by atoms with van der Waals surface area (Å²) < 4.78 is 6.22. The fourth-order valence-electron chi connectivity index (χ4n) is 2.98. The highest BCUT2D eigenvalue weighted by molar-refractivity contribution is 7.98. The van der Waals surface area contributed by atoms with Crippen molar-refractivity contribution in [2.45, 2.75) is 18.3 Å². The molecule has 0 fully saturated rings. The molecule has 136 valence electrons. The minimum atomic E-state index is -0.700. The quantitative estimate of drug-likeness (QED) is 0.597. The van der Waals surface area contributed by atoms with Gasteiger partial charge in [0, 0.05) is 23.1 Å². The van der Waals surface area contributed by atoms with Crippen molar-refractivity contribution in [2.24, 2.45) is 0 Å². The van der Waals surface area contributed by atoms with E-state index in [0.29, 0.717) is 27.4 Å². The minimum absolute atomic E-state index is 0.159. The van der Waals surface area contributed by atoms with Gasteiger partial charge in [-0.05, 0) is 24.5 Å². The second-order valence-electron chi connectivity index (χ2n) is 5.88. The van der Waals surface area contributed by atoms with E-state index in [1.165, 1.54) is 18.7 Å². The van der Waals surface area contributed by atoms with Gasteiger partial charge in [0.2, 0.25) is 23.2 Å². The number of amides is 1. The summed E-state index contributed by atoms with van der Waals surface area (Å²) >= 11 is 7.40. The van der Waals surface area contributed by atoms with Crippen molar-refractivity contribution in [3.8, 4) is 17.1 Å². The zero-order valence-corrected chi connectivity index (χ0v) is 16.2. The molecular weight excluding hydrogens is 384 g/mol. The molecule has 8 heteroatoms. The van der Waals surface area contributed by atoms with E-state index in [4.69, 9.17) is 16.3 Å². The van der Waals surface area contributed by atoms with E-state index in [2.05, 4.69) is 15.2 Å². The number of carbonyl (C=O) groups is 1. The first-order valence-electron chi connectivity index (χ1n) is 8.18. The topological polar surface area (TPSA) is 68.2 Å². The summed E-state index contributed by atoms with van der Waals surface area (Å²) in [6.45, 7) is 1.51. The third-order valence-electron chi connectivity index (χ3n) is 4.19. The molecule has 1 aromatic heterocycles. The summed E-state index contributed by atoms with van der Waals surface area (Å²) in [6.07, 6.45) is 1.17. The number of hydrogen-bond donors (Lipinski definition) is 0. The van der Waals surface area contributed by atoms with E-state index >= 15 is 0 Å². The van der Waals surface area contributed by atoms with Gasteiger partial charge in [0.15, 0.2) is 5.69 Å². The van der Waals surface area contributed by atoms with E-state index in [1.54, 1.807) is 17.0 Å². The van der Waals surface area contributed by atoms with Gasteiger partial charge in [0.25, 0.3) is 0 Å². The van der Waals surface area contributed by atoms with Gasteiger partial charge in [-0.1, -0.05) is 53.7 Å². The fourth-order valence-corrected chi connectivity index (χ4v) is 3.41. The second kappa shape index (κ2) is 7.17. The highest BCUT2D eigenvalue weighted by atomic mass is 35.5. The Bertz CT molecular complexity index is 1010. The molecule has 4 rings (SSSR count). The number of carbonyl (C=O) groups excluding carboxylic acids is 1. The molecule has 1 unspecified atom stereocenters. The van der Waals surface area contributed by atoms with E-state index < -0.39 is 6.23 Å². The molecule has 1 aliphatic heterocycles. The van der Waals surface area contributed by atoms with Gasteiger partial charge in [-0.3, -0.25) is 9.69 Å². The average Bonchev–Trinajstić information content (AvgIpc) is 2.82. The summed E-state index contributed by atoms with van der Waals surface area (Å²) in [4.78, 5) is 18.7. The Morgan fingerprint density at radius 1 is 1.15 bits per heavy atom. The third kappa shape index (κ3) is 3.24. The molecular formula is C19H15ClN4O2S. The molecule has 0 aliphatic carbocycles. The van der Waals surface area contributed by atoms with Crippen LogP contribution >= 0.6 is 23.4 Å². The van der Waals surface area contributed by atoms with Crippen molar-refractivity contribution < 1.29 is 9.53 Å². The van der Waals surface area contributed by atoms with Crippen LogP contribution < -0.4 is 9.64 Å². The molecule has 2 heterocycles.